The van der Waals surface area contributed by atoms with Crippen LogP contribution in [0.25, 0.3) is 0 Å². The van der Waals surface area contributed by atoms with Gasteiger partial charge in [0.15, 0.2) is 0 Å². The van der Waals surface area contributed by atoms with Crippen LogP contribution < -0.4 is 11.3 Å². The number of rotatable bonds is 4. The van der Waals surface area contributed by atoms with E-state index in [4.69, 9.17) is 17.4 Å². The molecule has 1 atom stereocenters. The third-order valence-corrected chi connectivity index (χ3v) is 2.50. The molecule has 1 aromatic carbocycles. The minimum Gasteiger partial charge on any atom is -0.271 e. The Labute approximate surface area is 99.9 Å². The molecule has 3 N–H and O–H groups in total. The normalized spacial score (nSPS) is 11.8. The van der Waals surface area contributed by atoms with Crippen molar-refractivity contribution in [2.24, 2.45) is 5.84 Å². The maximum absolute atomic E-state index is 13.5. The van der Waals surface area contributed by atoms with Gasteiger partial charge in [0, 0.05) is 23.0 Å². The quantitative estimate of drug-likeness (QED) is 0.483. The van der Waals surface area contributed by atoms with Crippen molar-refractivity contribution < 1.29 is 4.39 Å². The van der Waals surface area contributed by atoms with Gasteiger partial charge in [-0.1, -0.05) is 11.6 Å². The molecular formula is C12H14ClFN2. The topological polar surface area (TPSA) is 38.0 Å². The lowest BCUT2D eigenvalue weighted by Crippen LogP contribution is -2.28. The molecule has 0 spiro atoms. The first kappa shape index (κ1) is 13.0. The zero-order valence-corrected chi connectivity index (χ0v) is 9.81. The van der Waals surface area contributed by atoms with Gasteiger partial charge in [0.25, 0.3) is 0 Å². The molecule has 0 radical (unpaired) electrons. The third-order valence-electron chi connectivity index (χ3n) is 2.27. The smallest absolute Gasteiger partial charge is 0.128 e. The molecule has 0 amide bonds. The minimum absolute atomic E-state index is 0.264. The average molecular weight is 241 g/mol. The fraction of sp³-hybridized carbons (Fsp3) is 0.333. The molecule has 1 unspecified atom stereocenters. The Hall–Kier alpha value is -1.08. The number of hydrogen-bond acceptors (Lipinski definition) is 2. The number of halogens is 2. The Balaban J connectivity index is 2.84. The van der Waals surface area contributed by atoms with Crippen LogP contribution in [0.3, 0.4) is 0 Å². The molecule has 0 aliphatic carbocycles. The van der Waals surface area contributed by atoms with Crippen LogP contribution in [0.2, 0.25) is 5.02 Å². The van der Waals surface area contributed by atoms with Gasteiger partial charge in [-0.05, 0) is 31.5 Å². The maximum Gasteiger partial charge on any atom is 0.128 e. The van der Waals surface area contributed by atoms with Crippen LogP contribution in [0.5, 0.6) is 0 Å². The van der Waals surface area contributed by atoms with Crippen LogP contribution in [-0.2, 0) is 0 Å². The van der Waals surface area contributed by atoms with Crippen molar-refractivity contribution >= 4 is 11.6 Å². The molecule has 0 heterocycles. The highest BCUT2D eigenvalue weighted by molar-refractivity contribution is 6.30. The van der Waals surface area contributed by atoms with Gasteiger partial charge in [0.2, 0.25) is 0 Å². The van der Waals surface area contributed by atoms with Crippen LogP contribution >= 0.6 is 11.6 Å². The summed E-state index contributed by atoms with van der Waals surface area (Å²) in [6.07, 6.45) is 1.31. The van der Waals surface area contributed by atoms with Gasteiger partial charge >= 0.3 is 0 Å². The van der Waals surface area contributed by atoms with Gasteiger partial charge in [-0.15, -0.1) is 11.8 Å². The van der Waals surface area contributed by atoms with E-state index in [1.807, 2.05) is 0 Å². The number of benzene rings is 1. The Morgan fingerprint density at radius 3 is 2.94 bits per heavy atom. The number of nitrogens with two attached hydrogens (primary N) is 1. The summed E-state index contributed by atoms with van der Waals surface area (Å²) >= 11 is 5.82. The molecule has 1 aromatic rings. The van der Waals surface area contributed by atoms with E-state index in [1.54, 1.807) is 13.0 Å². The van der Waals surface area contributed by atoms with E-state index >= 15 is 0 Å². The monoisotopic (exact) mass is 240 g/mol. The zero-order valence-electron chi connectivity index (χ0n) is 9.06. The summed E-state index contributed by atoms with van der Waals surface area (Å²) in [5.41, 5.74) is 3.06. The standard InChI is InChI=1S/C12H14ClFN2/c1-2-3-4-5-12(16-15)10-8-9(13)6-7-11(10)14/h6-8,12,16H,4-5,15H2,1H3. The van der Waals surface area contributed by atoms with Crippen LogP contribution in [0, 0.1) is 17.7 Å². The highest BCUT2D eigenvalue weighted by Crippen LogP contribution is 2.23. The second kappa shape index (κ2) is 6.49. The molecule has 16 heavy (non-hydrogen) atoms. The van der Waals surface area contributed by atoms with E-state index in [9.17, 15) is 4.39 Å². The SMILES string of the molecule is CC#CCCC(NN)c1cc(Cl)ccc1F. The summed E-state index contributed by atoms with van der Waals surface area (Å²) in [4.78, 5) is 0. The summed E-state index contributed by atoms with van der Waals surface area (Å²) in [7, 11) is 0. The van der Waals surface area contributed by atoms with Gasteiger partial charge in [0.05, 0.1) is 0 Å². The van der Waals surface area contributed by atoms with Crippen molar-refractivity contribution in [3.63, 3.8) is 0 Å². The van der Waals surface area contributed by atoms with Crippen LogP contribution in [-0.4, -0.2) is 0 Å². The fourth-order valence-electron chi connectivity index (χ4n) is 1.45. The Morgan fingerprint density at radius 2 is 2.31 bits per heavy atom. The highest BCUT2D eigenvalue weighted by atomic mass is 35.5. The molecule has 86 valence electrons. The van der Waals surface area contributed by atoms with Gasteiger partial charge in [-0.3, -0.25) is 11.3 Å². The largest absolute Gasteiger partial charge is 0.271 e. The van der Waals surface area contributed by atoms with Crippen molar-refractivity contribution in [2.45, 2.75) is 25.8 Å². The molecule has 4 heteroatoms. The lowest BCUT2D eigenvalue weighted by atomic mass is 10.0. The second-order valence-electron chi connectivity index (χ2n) is 3.35. The van der Waals surface area contributed by atoms with Gasteiger partial charge < -0.3 is 0 Å². The summed E-state index contributed by atoms with van der Waals surface area (Å²) in [6.45, 7) is 1.77. The van der Waals surface area contributed by atoms with Gasteiger partial charge in [0.1, 0.15) is 5.82 Å². The van der Waals surface area contributed by atoms with Crippen LogP contribution in [0.15, 0.2) is 18.2 Å². The molecule has 2 nitrogen and oxygen atoms in total. The Kier molecular flexibility index (Phi) is 5.27. The summed E-state index contributed by atoms with van der Waals surface area (Å²) in [5, 5.41) is 0.498. The van der Waals surface area contributed by atoms with E-state index in [-0.39, 0.29) is 11.9 Å². The van der Waals surface area contributed by atoms with E-state index < -0.39 is 0 Å². The van der Waals surface area contributed by atoms with Gasteiger partial charge in [-0.2, -0.15) is 0 Å². The zero-order chi connectivity index (χ0) is 12.0. The van der Waals surface area contributed by atoms with E-state index in [2.05, 4.69) is 17.3 Å². The van der Waals surface area contributed by atoms with E-state index in [0.29, 0.717) is 23.4 Å². The molecule has 0 aromatic heterocycles. The van der Waals surface area contributed by atoms with Crippen LogP contribution in [0.1, 0.15) is 31.4 Å². The van der Waals surface area contributed by atoms with Crippen molar-refractivity contribution in [2.75, 3.05) is 0 Å². The predicted octanol–water partition coefficient (Wildman–Crippen LogP) is 2.79. The first-order chi connectivity index (χ1) is 7.69. The summed E-state index contributed by atoms with van der Waals surface area (Å²) in [5.74, 6) is 10.8. The highest BCUT2D eigenvalue weighted by Gasteiger charge is 2.14. The fourth-order valence-corrected chi connectivity index (χ4v) is 1.63. The molecular weight excluding hydrogens is 227 g/mol. The van der Waals surface area contributed by atoms with E-state index in [1.165, 1.54) is 12.1 Å². The first-order valence-electron chi connectivity index (χ1n) is 4.99. The van der Waals surface area contributed by atoms with Crippen molar-refractivity contribution in [1.29, 1.82) is 0 Å². The maximum atomic E-state index is 13.5. The second-order valence-corrected chi connectivity index (χ2v) is 3.79. The predicted molar refractivity (Wildman–Crippen MR) is 64.2 cm³/mol. The van der Waals surface area contributed by atoms with Crippen molar-refractivity contribution in [1.82, 2.24) is 5.43 Å². The molecule has 0 bridgehead atoms. The minimum atomic E-state index is -0.309. The lowest BCUT2D eigenvalue weighted by molar-refractivity contribution is 0.491. The Morgan fingerprint density at radius 1 is 1.56 bits per heavy atom. The first-order valence-corrected chi connectivity index (χ1v) is 5.37. The molecule has 0 saturated carbocycles. The number of hydrazine groups is 1. The Bertz CT molecular complexity index is 409. The van der Waals surface area contributed by atoms with Crippen molar-refractivity contribution in [3.8, 4) is 11.8 Å². The number of hydrogen-bond donors (Lipinski definition) is 2. The molecule has 0 aliphatic heterocycles. The molecule has 1 rings (SSSR count). The average Bonchev–Trinajstić information content (AvgIpc) is 2.28. The van der Waals surface area contributed by atoms with Crippen molar-refractivity contribution in [3.05, 3.63) is 34.6 Å². The van der Waals surface area contributed by atoms with E-state index in [0.717, 1.165) is 0 Å². The lowest BCUT2D eigenvalue weighted by Gasteiger charge is -2.16. The molecule has 0 aliphatic rings. The molecule has 0 fully saturated rings. The van der Waals surface area contributed by atoms with Crippen LogP contribution in [0.4, 0.5) is 4.39 Å². The summed E-state index contributed by atoms with van der Waals surface area (Å²) < 4.78 is 13.5. The van der Waals surface area contributed by atoms with Gasteiger partial charge in [-0.25, -0.2) is 4.39 Å². The number of nitrogens with one attached hydrogen (secondary N) is 1. The third kappa shape index (κ3) is 3.49. The molecule has 0 saturated heterocycles. The summed E-state index contributed by atoms with van der Waals surface area (Å²) in [6, 6.07) is 4.17.